The Morgan fingerprint density at radius 2 is 1.71 bits per heavy atom. The summed E-state index contributed by atoms with van der Waals surface area (Å²) < 4.78 is 75.7. The molecule has 226 valence electrons. The monoisotopic (exact) mass is 619 g/mol. The number of likely N-dealkylation sites (N-methyl/N-ethyl adjacent to an activating group) is 1. The number of rotatable bonds is 9. The SMILES string of the molecule is C[C@H](CO)N1C[C@H](C)[C@H](CN(C)S(=O)(=O)c2ccc(F)cc2)Oc2ccc(NS(=O)(=O)c3ccccc3)cc2CC1=O. The summed E-state index contributed by atoms with van der Waals surface area (Å²) in [5.41, 5.74) is 0.613. The van der Waals surface area contributed by atoms with Crippen LogP contribution in [0.1, 0.15) is 19.4 Å². The third-order valence-corrected chi connectivity index (χ3v) is 10.4. The summed E-state index contributed by atoms with van der Waals surface area (Å²) in [6.45, 7) is 3.32. The average molecular weight is 620 g/mol. The maximum absolute atomic E-state index is 13.4. The van der Waals surface area contributed by atoms with Gasteiger partial charge in [-0.25, -0.2) is 21.2 Å². The molecule has 0 radical (unpaired) electrons. The number of nitrogens with one attached hydrogen (secondary N) is 1. The topological polar surface area (TPSA) is 133 Å². The van der Waals surface area contributed by atoms with Crippen LogP contribution in [0.3, 0.4) is 0 Å². The maximum Gasteiger partial charge on any atom is 0.261 e. The molecule has 42 heavy (non-hydrogen) atoms. The smallest absolute Gasteiger partial charge is 0.261 e. The van der Waals surface area contributed by atoms with E-state index in [1.165, 1.54) is 48.3 Å². The van der Waals surface area contributed by atoms with Gasteiger partial charge >= 0.3 is 0 Å². The molecular weight excluding hydrogens is 585 g/mol. The van der Waals surface area contributed by atoms with E-state index in [0.717, 1.165) is 16.4 Å². The average Bonchev–Trinajstić information content (AvgIpc) is 3.00. The standard InChI is InChI=1S/C29H34FN3O7S2/c1-20-17-33(21(2)19-34)29(35)16-22-15-24(31-41(36,37)25-7-5-4-6-8-25)11-14-27(22)40-28(20)18-32(3)42(38,39)26-12-9-23(30)10-13-26/h4-15,20-21,28,31,34H,16-19H2,1-3H3/t20-,21+,28-/m0/s1. The Balaban J connectivity index is 1.68. The third kappa shape index (κ3) is 7.09. The van der Waals surface area contributed by atoms with Crippen LogP contribution in [-0.2, 0) is 31.3 Å². The van der Waals surface area contributed by atoms with Gasteiger partial charge in [0.1, 0.15) is 17.7 Å². The summed E-state index contributed by atoms with van der Waals surface area (Å²) in [4.78, 5) is 14.9. The largest absolute Gasteiger partial charge is 0.488 e. The van der Waals surface area contributed by atoms with Gasteiger partial charge < -0.3 is 14.7 Å². The summed E-state index contributed by atoms with van der Waals surface area (Å²) >= 11 is 0. The molecule has 1 aliphatic rings. The number of aliphatic hydroxyl groups excluding tert-OH is 1. The molecule has 0 saturated carbocycles. The van der Waals surface area contributed by atoms with Crippen LogP contribution in [-0.4, -0.2) is 75.9 Å². The van der Waals surface area contributed by atoms with Gasteiger partial charge in [-0.3, -0.25) is 9.52 Å². The number of carbonyl (C=O) groups is 1. The Kier molecular flexibility index (Phi) is 9.56. The van der Waals surface area contributed by atoms with Crippen molar-refractivity contribution in [1.29, 1.82) is 0 Å². The lowest BCUT2D eigenvalue weighted by molar-refractivity contribution is -0.134. The molecule has 0 spiro atoms. The minimum atomic E-state index is -4.00. The van der Waals surface area contributed by atoms with Crippen LogP contribution in [0.25, 0.3) is 0 Å². The fourth-order valence-corrected chi connectivity index (χ4v) is 6.92. The molecule has 3 atom stereocenters. The van der Waals surface area contributed by atoms with Crippen molar-refractivity contribution in [3.8, 4) is 5.75 Å². The zero-order valence-corrected chi connectivity index (χ0v) is 25.1. The minimum absolute atomic E-state index is 0.0723. The Morgan fingerprint density at radius 1 is 1.05 bits per heavy atom. The van der Waals surface area contributed by atoms with Crippen LogP contribution < -0.4 is 9.46 Å². The van der Waals surface area contributed by atoms with Crippen LogP contribution in [0.5, 0.6) is 5.75 Å². The van der Waals surface area contributed by atoms with Crippen molar-refractivity contribution in [1.82, 2.24) is 9.21 Å². The number of carbonyl (C=O) groups excluding carboxylic acids is 1. The fourth-order valence-electron chi connectivity index (χ4n) is 4.66. The number of aliphatic hydroxyl groups is 1. The highest BCUT2D eigenvalue weighted by atomic mass is 32.2. The van der Waals surface area contributed by atoms with E-state index in [9.17, 15) is 31.1 Å². The lowest BCUT2D eigenvalue weighted by atomic mass is 10.0. The highest BCUT2D eigenvalue weighted by Crippen LogP contribution is 2.30. The summed E-state index contributed by atoms with van der Waals surface area (Å²) in [7, 11) is -6.51. The molecule has 10 nitrogen and oxygen atoms in total. The van der Waals surface area contributed by atoms with Crippen molar-refractivity contribution in [2.45, 2.75) is 42.2 Å². The van der Waals surface area contributed by atoms with Crippen LogP contribution in [0.4, 0.5) is 10.1 Å². The molecule has 2 N–H and O–H groups in total. The second-order valence-corrected chi connectivity index (χ2v) is 14.1. The van der Waals surface area contributed by atoms with Gasteiger partial charge in [0.05, 0.1) is 35.4 Å². The van der Waals surface area contributed by atoms with Crippen LogP contribution in [0.15, 0.2) is 82.6 Å². The molecule has 4 rings (SSSR count). The van der Waals surface area contributed by atoms with Crippen LogP contribution in [0, 0.1) is 11.7 Å². The van der Waals surface area contributed by atoms with Crippen LogP contribution in [0.2, 0.25) is 0 Å². The van der Waals surface area contributed by atoms with Crippen molar-refractivity contribution in [3.63, 3.8) is 0 Å². The van der Waals surface area contributed by atoms with Gasteiger partial charge in [0, 0.05) is 30.8 Å². The minimum Gasteiger partial charge on any atom is -0.488 e. The number of sulfonamides is 2. The Morgan fingerprint density at radius 3 is 2.36 bits per heavy atom. The molecule has 0 aliphatic carbocycles. The first-order chi connectivity index (χ1) is 19.8. The predicted molar refractivity (Wildman–Crippen MR) is 155 cm³/mol. The van der Waals surface area contributed by atoms with Gasteiger partial charge in [-0.15, -0.1) is 0 Å². The van der Waals surface area contributed by atoms with Gasteiger partial charge in [0.15, 0.2) is 0 Å². The quantitative estimate of drug-likeness (QED) is 0.376. The van der Waals surface area contributed by atoms with E-state index in [1.807, 2.05) is 6.92 Å². The zero-order chi connectivity index (χ0) is 30.7. The highest BCUT2D eigenvalue weighted by molar-refractivity contribution is 7.92. The molecule has 0 aromatic heterocycles. The number of halogens is 1. The van der Waals surface area contributed by atoms with E-state index in [-0.39, 0.29) is 53.4 Å². The van der Waals surface area contributed by atoms with Crippen molar-refractivity contribution in [3.05, 3.63) is 84.2 Å². The maximum atomic E-state index is 13.4. The molecule has 1 aliphatic heterocycles. The Hall–Kier alpha value is -3.52. The van der Waals surface area contributed by atoms with Gasteiger partial charge in [0.25, 0.3) is 10.0 Å². The van der Waals surface area contributed by atoms with E-state index >= 15 is 0 Å². The third-order valence-electron chi connectivity index (χ3n) is 7.18. The van der Waals surface area contributed by atoms with Gasteiger partial charge in [0.2, 0.25) is 15.9 Å². The number of anilines is 1. The first kappa shape index (κ1) is 31.4. The number of hydrogen-bond acceptors (Lipinski definition) is 7. The summed E-state index contributed by atoms with van der Waals surface area (Å²) in [6, 6.07) is 16.4. The summed E-state index contributed by atoms with van der Waals surface area (Å²) in [5.74, 6) is -0.941. The lowest BCUT2D eigenvalue weighted by Gasteiger charge is -2.33. The summed E-state index contributed by atoms with van der Waals surface area (Å²) in [6.07, 6.45) is -0.876. The van der Waals surface area contributed by atoms with Gasteiger partial charge in [-0.2, -0.15) is 4.31 Å². The number of benzene rings is 3. The van der Waals surface area contributed by atoms with E-state index in [0.29, 0.717) is 11.3 Å². The molecule has 0 fully saturated rings. The number of ether oxygens (including phenoxy) is 1. The highest BCUT2D eigenvalue weighted by Gasteiger charge is 2.33. The normalized spacial score (nSPS) is 18.8. The number of amides is 1. The zero-order valence-electron chi connectivity index (χ0n) is 23.5. The van der Waals surface area contributed by atoms with E-state index in [1.54, 1.807) is 31.2 Å². The summed E-state index contributed by atoms with van der Waals surface area (Å²) in [5, 5.41) is 9.85. The fraction of sp³-hybridized carbons (Fsp3) is 0.345. The molecule has 0 bridgehead atoms. The Labute approximate surface area is 245 Å². The van der Waals surface area contributed by atoms with E-state index in [2.05, 4.69) is 4.72 Å². The predicted octanol–water partition coefficient (Wildman–Crippen LogP) is 3.10. The van der Waals surface area contributed by atoms with Crippen molar-refractivity contribution in [2.75, 3.05) is 31.5 Å². The van der Waals surface area contributed by atoms with E-state index in [4.69, 9.17) is 4.74 Å². The molecule has 0 saturated heterocycles. The number of hydrogen-bond donors (Lipinski definition) is 2. The molecular formula is C29H34FN3O7S2. The molecule has 1 heterocycles. The molecule has 1 amide bonds. The van der Waals surface area contributed by atoms with Crippen molar-refractivity contribution >= 4 is 31.6 Å². The molecule has 13 heteroatoms. The molecule has 0 unspecified atom stereocenters. The lowest BCUT2D eigenvalue weighted by Crippen LogP contribution is -2.48. The van der Waals surface area contributed by atoms with Crippen molar-refractivity contribution in [2.24, 2.45) is 5.92 Å². The second-order valence-electron chi connectivity index (χ2n) is 10.4. The number of nitrogens with zero attached hydrogens (tertiary/aromatic N) is 2. The first-order valence-electron chi connectivity index (χ1n) is 13.3. The molecule has 3 aromatic carbocycles. The van der Waals surface area contributed by atoms with Crippen LogP contribution >= 0.6 is 0 Å². The van der Waals surface area contributed by atoms with E-state index < -0.39 is 38.0 Å². The van der Waals surface area contributed by atoms with Gasteiger partial charge in [-0.1, -0.05) is 25.1 Å². The van der Waals surface area contributed by atoms with Crippen molar-refractivity contribution < 1.29 is 35.9 Å². The number of fused-ring (bicyclic) bond motifs is 1. The second kappa shape index (κ2) is 12.8. The van der Waals surface area contributed by atoms with Gasteiger partial charge in [-0.05, 0) is 61.5 Å². The Bertz CT molecular complexity index is 1620. The molecule has 3 aromatic rings. The first-order valence-corrected chi connectivity index (χ1v) is 16.2.